The molecule has 5 nitrogen and oxygen atoms in total. The monoisotopic (exact) mass is 277 g/mol. The van der Waals surface area contributed by atoms with E-state index >= 15 is 0 Å². The average molecular weight is 277 g/mol. The van der Waals surface area contributed by atoms with Crippen LogP contribution in [0.4, 0.5) is 0 Å². The first-order chi connectivity index (χ1) is 8.12. The molecule has 0 aromatic rings. The summed E-state index contributed by atoms with van der Waals surface area (Å²) in [5.41, 5.74) is -0.0326. The Morgan fingerprint density at radius 3 is 2.50 bits per heavy atom. The zero-order valence-electron chi connectivity index (χ0n) is 11.3. The summed E-state index contributed by atoms with van der Waals surface area (Å²) in [6.07, 6.45) is 1.91. The van der Waals surface area contributed by atoms with Crippen LogP contribution in [0.1, 0.15) is 46.5 Å². The fraction of sp³-hybridized carbons (Fsp3) is 0.917. The molecule has 1 aliphatic rings. The third kappa shape index (κ3) is 4.57. The molecule has 106 valence electrons. The van der Waals surface area contributed by atoms with Gasteiger partial charge in [-0.15, -0.1) is 0 Å². The lowest BCUT2D eigenvalue weighted by atomic mass is 9.94. The Morgan fingerprint density at radius 1 is 1.39 bits per heavy atom. The molecule has 1 atom stereocenters. The zero-order valence-corrected chi connectivity index (χ0v) is 12.2. The maximum atomic E-state index is 12.2. The topological polar surface area (TPSA) is 74.7 Å². The van der Waals surface area contributed by atoms with E-state index in [-0.39, 0.29) is 23.6 Å². The molecule has 1 fully saturated rings. The van der Waals surface area contributed by atoms with Gasteiger partial charge in [-0.05, 0) is 24.7 Å². The highest BCUT2D eigenvalue weighted by molar-refractivity contribution is 7.89. The van der Waals surface area contributed by atoms with Gasteiger partial charge in [0.05, 0.1) is 12.2 Å². The number of carbonyl (C=O) groups is 1. The molecule has 18 heavy (non-hydrogen) atoms. The first-order valence-electron chi connectivity index (χ1n) is 6.33. The van der Waals surface area contributed by atoms with E-state index in [1.807, 2.05) is 20.8 Å². The number of sulfonamides is 1. The molecule has 1 rings (SSSR count). The van der Waals surface area contributed by atoms with Gasteiger partial charge in [-0.25, -0.2) is 8.42 Å². The Kier molecular flexibility index (Phi) is 4.78. The summed E-state index contributed by atoms with van der Waals surface area (Å²) in [4.78, 5) is 10.7. The highest BCUT2D eigenvalue weighted by Gasteiger charge is 2.35. The minimum Gasteiger partial charge on any atom is -0.481 e. The van der Waals surface area contributed by atoms with E-state index in [1.54, 1.807) is 0 Å². The molecule has 1 heterocycles. The molecule has 0 saturated carbocycles. The van der Waals surface area contributed by atoms with Gasteiger partial charge in [-0.1, -0.05) is 20.8 Å². The molecular weight excluding hydrogens is 254 g/mol. The number of carboxylic acid groups (broad SMARTS) is 1. The lowest BCUT2D eigenvalue weighted by molar-refractivity contribution is -0.137. The minimum absolute atomic E-state index is 0.0326. The largest absolute Gasteiger partial charge is 0.481 e. The van der Waals surface area contributed by atoms with Crippen molar-refractivity contribution in [3.8, 4) is 0 Å². The van der Waals surface area contributed by atoms with Crippen molar-refractivity contribution in [1.29, 1.82) is 0 Å². The summed E-state index contributed by atoms with van der Waals surface area (Å²) >= 11 is 0. The third-order valence-corrected chi connectivity index (χ3v) is 5.12. The molecular formula is C12H23NO4S. The Balaban J connectivity index is 2.69. The summed E-state index contributed by atoms with van der Waals surface area (Å²) in [6.45, 7) is 6.47. The summed E-state index contributed by atoms with van der Waals surface area (Å²) < 4.78 is 25.8. The van der Waals surface area contributed by atoms with Crippen LogP contribution in [0, 0.1) is 5.41 Å². The number of hydrogen-bond acceptors (Lipinski definition) is 3. The predicted octanol–water partition coefficient (Wildman–Crippen LogP) is 1.69. The maximum Gasteiger partial charge on any atom is 0.304 e. The van der Waals surface area contributed by atoms with Crippen LogP contribution in [-0.4, -0.2) is 42.1 Å². The van der Waals surface area contributed by atoms with E-state index in [9.17, 15) is 13.2 Å². The van der Waals surface area contributed by atoms with Crippen molar-refractivity contribution in [2.24, 2.45) is 5.41 Å². The molecule has 1 saturated heterocycles. The molecule has 0 amide bonds. The van der Waals surface area contributed by atoms with Gasteiger partial charge in [-0.2, -0.15) is 4.31 Å². The van der Waals surface area contributed by atoms with Gasteiger partial charge >= 0.3 is 5.97 Å². The quantitative estimate of drug-likeness (QED) is 0.830. The van der Waals surface area contributed by atoms with Gasteiger partial charge in [0, 0.05) is 12.6 Å². The molecule has 0 radical (unpaired) electrons. The van der Waals surface area contributed by atoms with Gasteiger partial charge < -0.3 is 5.11 Å². The Hall–Kier alpha value is -0.620. The molecule has 0 bridgehead atoms. The Morgan fingerprint density at radius 2 is 2.00 bits per heavy atom. The summed E-state index contributed by atoms with van der Waals surface area (Å²) in [7, 11) is -3.32. The molecule has 0 aromatic carbocycles. The van der Waals surface area contributed by atoms with Crippen molar-refractivity contribution in [3.05, 3.63) is 0 Å². The molecule has 0 aliphatic carbocycles. The highest BCUT2D eigenvalue weighted by atomic mass is 32.2. The van der Waals surface area contributed by atoms with Crippen LogP contribution in [0.15, 0.2) is 0 Å². The number of hydrogen-bond donors (Lipinski definition) is 1. The summed E-state index contributed by atoms with van der Waals surface area (Å²) in [6, 6.07) is -0.354. The van der Waals surface area contributed by atoms with Crippen molar-refractivity contribution in [2.75, 3.05) is 12.3 Å². The van der Waals surface area contributed by atoms with Crippen molar-refractivity contribution in [2.45, 2.75) is 52.5 Å². The lowest BCUT2D eigenvalue weighted by Crippen LogP contribution is -2.38. The number of rotatable bonds is 5. The van der Waals surface area contributed by atoms with E-state index in [4.69, 9.17) is 5.11 Å². The lowest BCUT2D eigenvalue weighted by Gasteiger charge is -2.25. The van der Waals surface area contributed by atoms with Crippen LogP contribution in [0.3, 0.4) is 0 Å². The second kappa shape index (κ2) is 5.57. The third-order valence-electron chi connectivity index (χ3n) is 3.20. The first kappa shape index (κ1) is 15.4. The summed E-state index contributed by atoms with van der Waals surface area (Å²) in [5, 5.41) is 8.80. The van der Waals surface area contributed by atoms with Crippen LogP contribution >= 0.6 is 0 Å². The fourth-order valence-corrected chi connectivity index (χ4v) is 4.28. The molecule has 0 aromatic heterocycles. The molecule has 1 unspecified atom stereocenters. The predicted molar refractivity (Wildman–Crippen MR) is 69.8 cm³/mol. The average Bonchev–Trinajstić information content (AvgIpc) is 2.61. The molecule has 1 N–H and O–H groups in total. The van der Waals surface area contributed by atoms with Crippen LogP contribution in [0.2, 0.25) is 0 Å². The van der Waals surface area contributed by atoms with Crippen LogP contribution in [0.5, 0.6) is 0 Å². The van der Waals surface area contributed by atoms with Crippen LogP contribution in [0.25, 0.3) is 0 Å². The van der Waals surface area contributed by atoms with Gasteiger partial charge in [0.1, 0.15) is 0 Å². The molecule has 0 spiro atoms. The van der Waals surface area contributed by atoms with Gasteiger partial charge in [0.25, 0.3) is 0 Å². The van der Waals surface area contributed by atoms with Gasteiger partial charge in [0.2, 0.25) is 10.0 Å². The zero-order chi connectivity index (χ0) is 14.0. The standard InChI is InChI=1S/C12H23NO4S/c1-12(2,3)6-8-18(16,17)13-7-4-5-10(13)9-11(14)15/h10H,4-9H2,1-3H3,(H,14,15). The van der Waals surface area contributed by atoms with Gasteiger partial charge in [-0.3, -0.25) is 4.79 Å². The second-order valence-electron chi connectivity index (χ2n) is 6.13. The molecule has 6 heteroatoms. The van der Waals surface area contributed by atoms with E-state index in [1.165, 1.54) is 4.31 Å². The highest BCUT2D eigenvalue weighted by Crippen LogP contribution is 2.26. The second-order valence-corrected chi connectivity index (χ2v) is 8.17. The van der Waals surface area contributed by atoms with E-state index < -0.39 is 16.0 Å². The summed E-state index contributed by atoms with van der Waals surface area (Å²) in [5.74, 6) is -0.829. The van der Waals surface area contributed by atoms with E-state index in [0.29, 0.717) is 19.4 Å². The van der Waals surface area contributed by atoms with Crippen LogP contribution in [-0.2, 0) is 14.8 Å². The Bertz CT molecular complexity index is 397. The fourth-order valence-electron chi connectivity index (χ4n) is 2.13. The van der Waals surface area contributed by atoms with Crippen molar-refractivity contribution in [3.63, 3.8) is 0 Å². The van der Waals surface area contributed by atoms with Crippen LogP contribution < -0.4 is 0 Å². The minimum atomic E-state index is -3.32. The number of carboxylic acids is 1. The van der Waals surface area contributed by atoms with E-state index in [2.05, 4.69) is 0 Å². The molecule has 1 aliphatic heterocycles. The van der Waals surface area contributed by atoms with Crippen molar-refractivity contribution < 1.29 is 18.3 Å². The smallest absolute Gasteiger partial charge is 0.304 e. The van der Waals surface area contributed by atoms with Crippen molar-refractivity contribution in [1.82, 2.24) is 4.31 Å². The SMILES string of the molecule is CC(C)(C)CCS(=O)(=O)N1CCCC1CC(=O)O. The van der Waals surface area contributed by atoms with E-state index in [0.717, 1.165) is 6.42 Å². The first-order valence-corrected chi connectivity index (χ1v) is 7.94. The maximum absolute atomic E-state index is 12.2. The number of nitrogens with zero attached hydrogens (tertiary/aromatic N) is 1. The normalized spacial score (nSPS) is 22.3. The van der Waals surface area contributed by atoms with Gasteiger partial charge in [0.15, 0.2) is 0 Å². The van der Waals surface area contributed by atoms with Crippen molar-refractivity contribution >= 4 is 16.0 Å². The number of aliphatic carboxylic acids is 1. The Labute approximate surface area is 109 Å².